The fourth-order valence-electron chi connectivity index (χ4n) is 1.85. The minimum absolute atomic E-state index is 0.183. The molecule has 0 unspecified atom stereocenters. The Hall–Kier alpha value is -2.41. The lowest BCUT2D eigenvalue weighted by molar-refractivity contribution is 0.0928. The van der Waals surface area contributed by atoms with E-state index in [1.807, 2.05) is 6.92 Å². The Morgan fingerprint density at radius 1 is 1.36 bits per heavy atom. The standard InChI is InChI=1S/C15H18FN3O3/c1-3-22-13-10-19(12-6-4-11(16)5-7-12)18-14(13)15(20)17-8-9-21-2/h4-7,10H,3,8-9H2,1-2H3,(H,17,20). The van der Waals surface area contributed by atoms with Gasteiger partial charge in [0.1, 0.15) is 5.82 Å². The molecule has 0 saturated carbocycles. The molecule has 0 bridgehead atoms. The van der Waals surface area contributed by atoms with Crippen LogP contribution in [0.3, 0.4) is 0 Å². The van der Waals surface area contributed by atoms with E-state index in [2.05, 4.69) is 10.4 Å². The van der Waals surface area contributed by atoms with Gasteiger partial charge >= 0.3 is 0 Å². The Morgan fingerprint density at radius 3 is 2.73 bits per heavy atom. The maximum Gasteiger partial charge on any atom is 0.275 e. The summed E-state index contributed by atoms with van der Waals surface area (Å²) in [5.41, 5.74) is 0.820. The average Bonchev–Trinajstić information content (AvgIpc) is 2.92. The third kappa shape index (κ3) is 3.82. The number of methoxy groups -OCH3 is 1. The van der Waals surface area contributed by atoms with Crippen LogP contribution in [0.1, 0.15) is 17.4 Å². The summed E-state index contributed by atoms with van der Waals surface area (Å²) in [5.74, 6) is -0.304. The van der Waals surface area contributed by atoms with Gasteiger partial charge in [-0.15, -0.1) is 0 Å². The molecule has 118 valence electrons. The maximum absolute atomic E-state index is 13.0. The van der Waals surface area contributed by atoms with Gasteiger partial charge in [0.2, 0.25) is 0 Å². The number of halogens is 1. The monoisotopic (exact) mass is 307 g/mol. The zero-order valence-electron chi connectivity index (χ0n) is 12.5. The zero-order chi connectivity index (χ0) is 15.9. The van der Waals surface area contributed by atoms with E-state index in [1.165, 1.54) is 16.8 Å². The summed E-state index contributed by atoms with van der Waals surface area (Å²) in [6.07, 6.45) is 1.60. The fraction of sp³-hybridized carbons (Fsp3) is 0.333. The molecule has 1 aromatic carbocycles. The van der Waals surface area contributed by atoms with E-state index >= 15 is 0 Å². The Kier molecular flexibility index (Phi) is 5.48. The molecule has 22 heavy (non-hydrogen) atoms. The van der Waals surface area contributed by atoms with Crippen LogP contribution in [0.4, 0.5) is 4.39 Å². The summed E-state index contributed by atoms with van der Waals surface area (Å²) in [5, 5.41) is 6.92. The number of rotatable bonds is 7. The van der Waals surface area contributed by atoms with Gasteiger partial charge in [-0.3, -0.25) is 4.79 Å². The minimum atomic E-state index is -0.346. The van der Waals surface area contributed by atoms with Crippen molar-refractivity contribution in [3.63, 3.8) is 0 Å². The lowest BCUT2D eigenvalue weighted by Crippen LogP contribution is -2.27. The van der Waals surface area contributed by atoms with Gasteiger partial charge in [0.15, 0.2) is 11.4 Å². The van der Waals surface area contributed by atoms with Crippen molar-refractivity contribution in [2.75, 3.05) is 26.9 Å². The Balaban J connectivity index is 2.24. The number of hydrogen-bond acceptors (Lipinski definition) is 4. The molecular weight excluding hydrogens is 289 g/mol. The second kappa shape index (κ2) is 7.56. The van der Waals surface area contributed by atoms with Gasteiger partial charge in [-0.1, -0.05) is 0 Å². The second-order valence-electron chi connectivity index (χ2n) is 4.44. The molecular formula is C15H18FN3O3. The van der Waals surface area contributed by atoms with Gasteiger partial charge in [-0.2, -0.15) is 5.10 Å². The second-order valence-corrected chi connectivity index (χ2v) is 4.44. The number of nitrogens with zero attached hydrogens (tertiary/aromatic N) is 2. The van der Waals surface area contributed by atoms with Crippen molar-refractivity contribution >= 4 is 5.91 Å². The first-order valence-electron chi connectivity index (χ1n) is 6.91. The van der Waals surface area contributed by atoms with Gasteiger partial charge in [0.25, 0.3) is 5.91 Å². The van der Waals surface area contributed by atoms with Crippen LogP contribution in [0.25, 0.3) is 5.69 Å². The number of aromatic nitrogens is 2. The van der Waals surface area contributed by atoms with Crippen molar-refractivity contribution in [2.45, 2.75) is 6.92 Å². The molecule has 0 spiro atoms. The summed E-state index contributed by atoms with van der Waals surface area (Å²) < 4.78 is 24.8. The number of nitrogens with one attached hydrogen (secondary N) is 1. The normalized spacial score (nSPS) is 10.5. The summed E-state index contributed by atoms with van der Waals surface area (Å²) in [4.78, 5) is 12.1. The third-order valence-electron chi connectivity index (χ3n) is 2.88. The van der Waals surface area contributed by atoms with Crippen LogP contribution in [0.2, 0.25) is 0 Å². The molecule has 1 aromatic heterocycles. The first-order chi connectivity index (χ1) is 10.7. The van der Waals surface area contributed by atoms with E-state index in [-0.39, 0.29) is 17.4 Å². The quantitative estimate of drug-likeness (QED) is 0.792. The summed E-state index contributed by atoms with van der Waals surface area (Å²) in [6, 6.07) is 5.81. The molecule has 6 nitrogen and oxygen atoms in total. The predicted octanol–water partition coefficient (Wildman–Crippen LogP) is 1.79. The summed E-state index contributed by atoms with van der Waals surface area (Å²) >= 11 is 0. The molecule has 0 radical (unpaired) electrons. The molecule has 0 fully saturated rings. The number of ether oxygens (including phenoxy) is 2. The largest absolute Gasteiger partial charge is 0.490 e. The summed E-state index contributed by atoms with van der Waals surface area (Å²) in [7, 11) is 1.56. The van der Waals surface area contributed by atoms with Crippen molar-refractivity contribution < 1.29 is 18.7 Å². The van der Waals surface area contributed by atoms with Crippen LogP contribution in [-0.4, -0.2) is 42.6 Å². The molecule has 0 atom stereocenters. The highest BCUT2D eigenvalue weighted by Crippen LogP contribution is 2.20. The molecule has 1 amide bonds. The number of hydrogen-bond donors (Lipinski definition) is 1. The van der Waals surface area contributed by atoms with E-state index in [0.29, 0.717) is 31.2 Å². The fourth-order valence-corrected chi connectivity index (χ4v) is 1.85. The van der Waals surface area contributed by atoms with Crippen LogP contribution in [0.15, 0.2) is 30.5 Å². The van der Waals surface area contributed by atoms with E-state index in [0.717, 1.165) is 0 Å². The lowest BCUT2D eigenvalue weighted by atomic mass is 10.3. The average molecular weight is 307 g/mol. The summed E-state index contributed by atoms with van der Waals surface area (Å²) in [6.45, 7) is 3.02. The SMILES string of the molecule is CCOc1cn(-c2ccc(F)cc2)nc1C(=O)NCCOC. The zero-order valence-corrected chi connectivity index (χ0v) is 12.5. The first-order valence-corrected chi connectivity index (χ1v) is 6.91. The maximum atomic E-state index is 13.0. The highest BCUT2D eigenvalue weighted by Gasteiger charge is 2.18. The highest BCUT2D eigenvalue weighted by molar-refractivity contribution is 5.94. The molecule has 7 heteroatoms. The first kappa shape index (κ1) is 16.0. The molecule has 0 aliphatic carbocycles. The van der Waals surface area contributed by atoms with Crippen LogP contribution in [0.5, 0.6) is 5.75 Å². The van der Waals surface area contributed by atoms with E-state index in [4.69, 9.17) is 9.47 Å². The number of carbonyl (C=O) groups excluding carboxylic acids is 1. The van der Waals surface area contributed by atoms with Crippen molar-refractivity contribution in [3.05, 3.63) is 42.0 Å². The van der Waals surface area contributed by atoms with E-state index in [9.17, 15) is 9.18 Å². The van der Waals surface area contributed by atoms with Crippen LogP contribution >= 0.6 is 0 Å². The van der Waals surface area contributed by atoms with Crippen molar-refractivity contribution in [2.24, 2.45) is 0 Å². The predicted molar refractivity (Wildman–Crippen MR) is 78.9 cm³/mol. The van der Waals surface area contributed by atoms with Gasteiger partial charge in [-0.25, -0.2) is 9.07 Å². The molecule has 1 heterocycles. The molecule has 0 aliphatic heterocycles. The van der Waals surface area contributed by atoms with Crippen LogP contribution in [-0.2, 0) is 4.74 Å². The topological polar surface area (TPSA) is 65.4 Å². The Bertz CT molecular complexity index is 625. The van der Waals surface area contributed by atoms with E-state index in [1.54, 1.807) is 25.4 Å². The number of carbonyl (C=O) groups is 1. The minimum Gasteiger partial charge on any atom is -0.490 e. The molecule has 2 rings (SSSR count). The van der Waals surface area contributed by atoms with Gasteiger partial charge in [0, 0.05) is 13.7 Å². The Morgan fingerprint density at radius 2 is 2.09 bits per heavy atom. The molecule has 2 aromatic rings. The van der Waals surface area contributed by atoms with Crippen molar-refractivity contribution in [1.82, 2.24) is 15.1 Å². The van der Waals surface area contributed by atoms with Gasteiger partial charge < -0.3 is 14.8 Å². The Labute approximate surface area is 127 Å². The third-order valence-corrected chi connectivity index (χ3v) is 2.88. The van der Waals surface area contributed by atoms with Crippen molar-refractivity contribution in [3.8, 4) is 11.4 Å². The van der Waals surface area contributed by atoms with Gasteiger partial charge in [0.05, 0.1) is 25.1 Å². The number of amides is 1. The van der Waals surface area contributed by atoms with E-state index < -0.39 is 0 Å². The van der Waals surface area contributed by atoms with Gasteiger partial charge in [-0.05, 0) is 31.2 Å². The highest BCUT2D eigenvalue weighted by atomic mass is 19.1. The van der Waals surface area contributed by atoms with Crippen molar-refractivity contribution in [1.29, 1.82) is 0 Å². The number of benzene rings is 1. The molecule has 1 N–H and O–H groups in total. The smallest absolute Gasteiger partial charge is 0.275 e. The molecule has 0 aliphatic rings. The lowest BCUT2D eigenvalue weighted by Gasteiger charge is -2.04. The van der Waals surface area contributed by atoms with Crippen LogP contribution < -0.4 is 10.1 Å². The van der Waals surface area contributed by atoms with Crippen LogP contribution in [0, 0.1) is 5.82 Å². The molecule has 0 saturated heterocycles.